The number of hydrogen-bond donors (Lipinski definition) is 5. The SMILES string of the molecule is CC(C)(C)c1cccc(O)c1O.OB(O)O. The van der Waals surface area contributed by atoms with Gasteiger partial charge in [-0.05, 0) is 11.5 Å². The summed E-state index contributed by atoms with van der Waals surface area (Å²) >= 11 is 0. The molecule has 0 aliphatic heterocycles. The Kier molecular flexibility index (Phi) is 5.30. The molecule has 0 aliphatic carbocycles. The Balaban J connectivity index is 0.000000487. The Morgan fingerprint density at radius 3 is 1.75 bits per heavy atom. The summed E-state index contributed by atoms with van der Waals surface area (Å²) < 4.78 is 0. The quantitative estimate of drug-likeness (QED) is 0.325. The van der Waals surface area contributed by atoms with Crippen LogP contribution >= 0.6 is 0 Å². The summed E-state index contributed by atoms with van der Waals surface area (Å²) in [6.45, 7) is 5.96. The highest BCUT2D eigenvalue weighted by atomic mass is 16.5. The summed E-state index contributed by atoms with van der Waals surface area (Å²) in [6, 6.07) is 5.02. The van der Waals surface area contributed by atoms with Gasteiger partial charge in [0.1, 0.15) is 0 Å². The van der Waals surface area contributed by atoms with Crippen LogP contribution in [0.5, 0.6) is 11.5 Å². The van der Waals surface area contributed by atoms with Gasteiger partial charge >= 0.3 is 7.32 Å². The second-order valence-corrected chi connectivity index (χ2v) is 4.27. The summed E-state index contributed by atoms with van der Waals surface area (Å²) in [5, 5.41) is 40.2. The molecule has 0 amide bonds. The van der Waals surface area contributed by atoms with Crippen LogP contribution in [0.2, 0.25) is 0 Å². The van der Waals surface area contributed by atoms with E-state index in [2.05, 4.69) is 0 Å². The van der Waals surface area contributed by atoms with Gasteiger partial charge in [0.2, 0.25) is 0 Å². The molecule has 6 heteroatoms. The summed E-state index contributed by atoms with van der Waals surface area (Å²) in [6.07, 6.45) is 0. The number of para-hydroxylation sites is 1. The van der Waals surface area contributed by atoms with Gasteiger partial charge in [0.05, 0.1) is 0 Å². The molecule has 0 heterocycles. The molecular formula is C10H17BO5. The highest BCUT2D eigenvalue weighted by Gasteiger charge is 2.19. The van der Waals surface area contributed by atoms with E-state index < -0.39 is 7.32 Å². The molecule has 0 spiro atoms. The van der Waals surface area contributed by atoms with Gasteiger partial charge in [-0.25, -0.2) is 0 Å². The predicted molar refractivity (Wildman–Crippen MR) is 60.9 cm³/mol. The Hall–Kier alpha value is -1.24. The summed E-state index contributed by atoms with van der Waals surface area (Å²) in [5.41, 5.74) is 0.630. The topological polar surface area (TPSA) is 101 Å². The van der Waals surface area contributed by atoms with Crippen molar-refractivity contribution < 1.29 is 25.3 Å². The monoisotopic (exact) mass is 228 g/mol. The van der Waals surface area contributed by atoms with E-state index in [1.54, 1.807) is 6.07 Å². The first-order chi connectivity index (χ1) is 7.16. The van der Waals surface area contributed by atoms with Crippen molar-refractivity contribution in [2.75, 3.05) is 0 Å². The molecule has 0 atom stereocenters. The second kappa shape index (κ2) is 5.74. The lowest BCUT2D eigenvalue weighted by Gasteiger charge is -2.20. The van der Waals surface area contributed by atoms with Crippen molar-refractivity contribution in [1.82, 2.24) is 0 Å². The van der Waals surface area contributed by atoms with Crippen molar-refractivity contribution in [2.45, 2.75) is 26.2 Å². The van der Waals surface area contributed by atoms with Crippen LogP contribution in [-0.4, -0.2) is 32.6 Å². The van der Waals surface area contributed by atoms with Gasteiger partial charge in [0.25, 0.3) is 0 Å². The van der Waals surface area contributed by atoms with Crippen LogP contribution in [0.3, 0.4) is 0 Å². The van der Waals surface area contributed by atoms with Gasteiger partial charge in [-0.1, -0.05) is 32.9 Å². The Labute approximate surface area is 94.8 Å². The van der Waals surface area contributed by atoms with Gasteiger partial charge in [0.15, 0.2) is 11.5 Å². The van der Waals surface area contributed by atoms with Crippen molar-refractivity contribution >= 4 is 7.32 Å². The molecule has 0 bridgehead atoms. The first-order valence-corrected chi connectivity index (χ1v) is 4.72. The zero-order valence-electron chi connectivity index (χ0n) is 9.55. The molecule has 0 aromatic heterocycles. The highest BCUT2D eigenvalue weighted by molar-refractivity contribution is 6.30. The van der Waals surface area contributed by atoms with Crippen LogP contribution in [0.1, 0.15) is 26.3 Å². The Bertz CT molecular complexity index is 330. The molecule has 0 saturated heterocycles. The van der Waals surface area contributed by atoms with E-state index in [0.29, 0.717) is 0 Å². The molecule has 1 aromatic carbocycles. The van der Waals surface area contributed by atoms with Crippen molar-refractivity contribution in [1.29, 1.82) is 0 Å². The van der Waals surface area contributed by atoms with E-state index in [9.17, 15) is 10.2 Å². The van der Waals surface area contributed by atoms with Crippen LogP contribution in [0.25, 0.3) is 0 Å². The van der Waals surface area contributed by atoms with E-state index in [0.717, 1.165) is 5.56 Å². The summed E-state index contributed by atoms with van der Waals surface area (Å²) in [5.74, 6) is -0.0626. The fourth-order valence-corrected chi connectivity index (χ4v) is 1.14. The maximum atomic E-state index is 9.48. The highest BCUT2D eigenvalue weighted by Crippen LogP contribution is 2.36. The predicted octanol–water partition coefficient (Wildman–Crippen LogP) is 0.343. The molecule has 0 unspecified atom stereocenters. The van der Waals surface area contributed by atoms with E-state index in [1.165, 1.54) is 6.07 Å². The molecule has 16 heavy (non-hydrogen) atoms. The van der Waals surface area contributed by atoms with Gasteiger partial charge in [0, 0.05) is 5.56 Å². The van der Waals surface area contributed by atoms with E-state index in [4.69, 9.17) is 15.1 Å². The van der Waals surface area contributed by atoms with E-state index in [-0.39, 0.29) is 16.9 Å². The average molecular weight is 228 g/mol. The zero-order valence-corrected chi connectivity index (χ0v) is 9.55. The number of benzene rings is 1. The van der Waals surface area contributed by atoms with Gasteiger partial charge in [-0.2, -0.15) is 0 Å². The summed E-state index contributed by atoms with van der Waals surface area (Å²) in [4.78, 5) is 0. The minimum Gasteiger partial charge on any atom is -0.504 e. The normalized spacial score (nSPS) is 10.4. The third-order valence-electron chi connectivity index (χ3n) is 1.82. The Morgan fingerprint density at radius 2 is 1.44 bits per heavy atom. The number of aromatic hydroxyl groups is 2. The van der Waals surface area contributed by atoms with Gasteiger partial charge < -0.3 is 25.3 Å². The smallest absolute Gasteiger partial charge is 0.504 e. The number of hydrogen-bond acceptors (Lipinski definition) is 5. The lowest BCUT2D eigenvalue weighted by Crippen LogP contribution is -2.10. The van der Waals surface area contributed by atoms with Crippen LogP contribution in [0.4, 0.5) is 0 Å². The minimum absolute atomic E-state index is 0.00926. The number of phenolic OH excluding ortho intramolecular Hbond substituents is 2. The van der Waals surface area contributed by atoms with Crippen LogP contribution in [0, 0.1) is 0 Å². The molecule has 5 N–H and O–H groups in total. The zero-order chi connectivity index (χ0) is 12.9. The van der Waals surface area contributed by atoms with Gasteiger partial charge in [-0.15, -0.1) is 0 Å². The van der Waals surface area contributed by atoms with E-state index >= 15 is 0 Å². The van der Waals surface area contributed by atoms with Crippen LogP contribution in [-0.2, 0) is 5.41 Å². The lowest BCUT2D eigenvalue weighted by atomic mass is 9.86. The largest absolute Gasteiger partial charge is 0.631 e. The molecule has 90 valence electrons. The summed E-state index contributed by atoms with van der Waals surface area (Å²) in [7, 11) is -2.17. The van der Waals surface area contributed by atoms with E-state index in [1.807, 2.05) is 26.8 Å². The van der Waals surface area contributed by atoms with Crippen molar-refractivity contribution in [2.24, 2.45) is 0 Å². The van der Waals surface area contributed by atoms with Crippen molar-refractivity contribution in [3.8, 4) is 11.5 Å². The number of phenols is 2. The molecule has 0 saturated carbocycles. The molecule has 5 nitrogen and oxygen atoms in total. The van der Waals surface area contributed by atoms with Gasteiger partial charge in [-0.3, -0.25) is 0 Å². The molecule has 0 aliphatic rings. The maximum absolute atomic E-state index is 9.48. The third kappa shape index (κ3) is 5.02. The molecule has 0 fully saturated rings. The minimum atomic E-state index is -2.17. The second-order valence-electron chi connectivity index (χ2n) is 4.27. The lowest BCUT2D eigenvalue weighted by molar-refractivity contribution is 0.278. The van der Waals surface area contributed by atoms with Crippen LogP contribution < -0.4 is 0 Å². The van der Waals surface area contributed by atoms with Crippen molar-refractivity contribution in [3.05, 3.63) is 23.8 Å². The molecule has 1 aromatic rings. The maximum Gasteiger partial charge on any atom is 0.631 e. The molecule has 1 rings (SSSR count). The first-order valence-electron chi connectivity index (χ1n) is 4.72. The fourth-order valence-electron chi connectivity index (χ4n) is 1.14. The fraction of sp³-hybridized carbons (Fsp3) is 0.400. The standard InChI is InChI=1S/C10H14O2.BH3O3/c1-10(2,3)7-5-4-6-8(11)9(7)12;2-1(3)4/h4-6,11-12H,1-3H3;2-4H. The van der Waals surface area contributed by atoms with Crippen molar-refractivity contribution in [3.63, 3.8) is 0 Å². The number of rotatable bonds is 0. The first kappa shape index (κ1) is 14.8. The van der Waals surface area contributed by atoms with Crippen LogP contribution in [0.15, 0.2) is 18.2 Å². The molecular weight excluding hydrogens is 211 g/mol. The Morgan fingerprint density at radius 1 is 1.00 bits per heavy atom. The average Bonchev–Trinajstić information content (AvgIpc) is 2.06. The molecule has 0 radical (unpaired) electrons. The third-order valence-corrected chi connectivity index (χ3v) is 1.82.